The zero-order chi connectivity index (χ0) is 21.3. The summed E-state index contributed by atoms with van der Waals surface area (Å²) in [6, 6.07) is 14.8. The zero-order valence-electron chi connectivity index (χ0n) is 17.0. The van der Waals surface area contributed by atoms with Crippen LogP contribution < -0.4 is 4.74 Å². The monoisotopic (exact) mass is 407 g/mol. The summed E-state index contributed by atoms with van der Waals surface area (Å²) in [4.78, 5) is 21.8. The van der Waals surface area contributed by atoms with E-state index in [0.717, 1.165) is 17.0 Å². The molecule has 0 bridgehead atoms. The molecule has 154 valence electrons. The molecule has 1 aromatic heterocycles. The maximum Gasteiger partial charge on any atom is 0.253 e. The number of hydrogen-bond acceptors (Lipinski definition) is 4. The number of carbonyl (C=O) groups excluding carboxylic acids is 1. The normalized spacial score (nSPS) is 15.5. The Labute approximate surface area is 174 Å². The van der Waals surface area contributed by atoms with Crippen molar-refractivity contribution in [2.45, 2.75) is 13.0 Å². The maximum atomic E-state index is 13.2. The molecule has 1 N–H and O–H groups in total. The predicted molar refractivity (Wildman–Crippen MR) is 113 cm³/mol. The van der Waals surface area contributed by atoms with Gasteiger partial charge in [0, 0.05) is 30.9 Å². The van der Waals surface area contributed by atoms with Crippen molar-refractivity contribution in [3.63, 3.8) is 0 Å². The van der Waals surface area contributed by atoms with Gasteiger partial charge in [-0.2, -0.15) is 0 Å². The number of aliphatic imine (C=N–C) groups is 1. The van der Waals surface area contributed by atoms with Crippen molar-refractivity contribution in [1.29, 1.82) is 0 Å². The lowest BCUT2D eigenvalue weighted by molar-refractivity contribution is 0.0827. The summed E-state index contributed by atoms with van der Waals surface area (Å²) in [5.41, 5.74) is 2.83. The third kappa shape index (κ3) is 4.20. The van der Waals surface area contributed by atoms with Gasteiger partial charge >= 0.3 is 0 Å². The fourth-order valence-electron chi connectivity index (χ4n) is 3.15. The first kappa shape index (κ1) is 19.7. The molecule has 4 rings (SSSR count). The molecule has 1 aliphatic rings. The lowest BCUT2D eigenvalue weighted by Gasteiger charge is -2.14. The van der Waals surface area contributed by atoms with Crippen molar-refractivity contribution in [3.05, 3.63) is 71.7 Å². The Morgan fingerprint density at radius 3 is 2.50 bits per heavy atom. The number of halogens is 1. The van der Waals surface area contributed by atoms with Crippen LogP contribution in [0.4, 0.5) is 4.39 Å². The second kappa shape index (κ2) is 8.02. The van der Waals surface area contributed by atoms with Gasteiger partial charge in [0.2, 0.25) is 5.90 Å². The van der Waals surface area contributed by atoms with Crippen molar-refractivity contribution < 1.29 is 18.7 Å². The highest BCUT2D eigenvalue weighted by Crippen LogP contribution is 2.30. The average molecular weight is 407 g/mol. The van der Waals surface area contributed by atoms with E-state index in [1.54, 1.807) is 38.4 Å². The lowest BCUT2D eigenvalue weighted by atomic mass is 10.1. The highest BCUT2D eigenvalue weighted by molar-refractivity contribution is 5.96. The van der Waals surface area contributed by atoms with Crippen LogP contribution in [0.5, 0.6) is 11.5 Å². The summed E-state index contributed by atoms with van der Waals surface area (Å²) in [7, 11) is 3.39. The number of nitrogens with zero attached hydrogens (tertiary/aromatic N) is 2. The van der Waals surface area contributed by atoms with E-state index in [2.05, 4.69) is 9.98 Å². The Morgan fingerprint density at radius 1 is 1.10 bits per heavy atom. The van der Waals surface area contributed by atoms with E-state index in [-0.39, 0.29) is 17.8 Å². The molecule has 0 radical (unpaired) electrons. The number of amides is 1. The predicted octanol–water partition coefficient (Wildman–Crippen LogP) is 4.48. The third-order valence-electron chi connectivity index (χ3n) is 4.64. The Balaban J connectivity index is 1.69. The quantitative estimate of drug-likeness (QED) is 0.678. The molecule has 0 saturated heterocycles. The van der Waals surface area contributed by atoms with Crippen molar-refractivity contribution in [3.8, 4) is 22.8 Å². The molecular formula is C23H22FN3O3. The van der Waals surface area contributed by atoms with E-state index in [9.17, 15) is 9.18 Å². The second-order valence-corrected chi connectivity index (χ2v) is 7.36. The van der Waals surface area contributed by atoms with Crippen LogP contribution >= 0.6 is 0 Å². The molecule has 6 nitrogen and oxygen atoms in total. The Bertz CT molecular complexity index is 1100. The van der Waals surface area contributed by atoms with E-state index in [1.807, 2.05) is 25.1 Å². The number of benzene rings is 2. The minimum absolute atomic E-state index is 0.0588. The summed E-state index contributed by atoms with van der Waals surface area (Å²) < 4.78 is 24.8. The highest BCUT2D eigenvalue weighted by atomic mass is 19.1. The number of rotatable bonds is 5. The summed E-state index contributed by atoms with van der Waals surface area (Å²) in [6.07, 6.45) is 0.0588. The summed E-state index contributed by atoms with van der Waals surface area (Å²) in [6.45, 7) is 2.60. The van der Waals surface area contributed by atoms with Gasteiger partial charge in [-0.1, -0.05) is 0 Å². The first-order chi connectivity index (χ1) is 14.4. The molecule has 0 spiro atoms. The van der Waals surface area contributed by atoms with Crippen LogP contribution in [0, 0.1) is 5.82 Å². The molecular weight excluding hydrogens is 385 g/mol. The van der Waals surface area contributed by atoms with E-state index < -0.39 is 0 Å². The number of H-pyrrole nitrogens is 1. The van der Waals surface area contributed by atoms with Gasteiger partial charge in [0.25, 0.3) is 5.91 Å². The molecule has 0 aliphatic carbocycles. The lowest BCUT2D eigenvalue weighted by Crippen LogP contribution is -2.21. The average Bonchev–Trinajstić information content (AvgIpc) is 3.38. The summed E-state index contributed by atoms with van der Waals surface area (Å²) in [5, 5.41) is 0. The first-order valence-corrected chi connectivity index (χ1v) is 9.60. The smallest absolute Gasteiger partial charge is 0.253 e. The SMILES string of the molecule is CC1CN=C(c2ccc(-c3cc(Oc4ccc(F)cc4)cc(C(=O)N(C)C)c3)[nH]2)O1. The van der Waals surface area contributed by atoms with Crippen molar-refractivity contribution in [2.75, 3.05) is 20.6 Å². The van der Waals surface area contributed by atoms with E-state index >= 15 is 0 Å². The topological polar surface area (TPSA) is 66.9 Å². The molecule has 2 aromatic carbocycles. The molecule has 0 saturated carbocycles. The van der Waals surface area contributed by atoms with Crippen LogP contribution in [0.25, 0.3) is 11.3 Å². The molecule has 1 atom stereocenters. The van der Waals surface area contributed by atoms with E-state index in [1.165, 1.54) is 17.0 Å². The summed E-state index contributed by atoms with van der Waals surface area (Å²) >= 11 is 0. The van der Waals surface area contributed by atoms with Crippen LogP contribution in [0.15, 0.2) is 59.6 Å². The van der Waals surface area contributed by atoms with Gasteiger partial charge in [0.05, 0.1) is 6.54 Å². The van der Waals surface area contributed by atoms with Gasteiger partial charge in [0.1, 0.15) is 29.1 Å². The molecule has 1 amide bonds. The van der Waals surface area contributed by atoms with Crippen LogP contribution in [-0.2, 0) is 4.74 Å². The molecule has 3 aromatic rings. The van der Waals surface area contributed by atoms with Crippen LogP contribution in [0.1, 0.15) is 23.0 Å². The number of carbonyl (C=O) groups is 1. The summed E-state index contributed by atoms with van der Waals surface area (Å²) in [5.74, 6) is 1.04. The Kier molecular flexibility index (Phi) is 5.27. The fraction of sp³-hybridized carbons (Fsp3) is 0.217. The van der Waals surface area contributed by atoms with Crippen molar-refractivity contribution >= 4 is 11.8 Å². The molecule has 0 fully saturated rings. The fourth-order valence-corrected chi connectivity index (χ4v) is 3.15. The highest BCUT2D eigenvalue weighted by Gasteiger charge is 2.19. The number of ether oxygens (including phenoxy) is 2. The van der Waals surface area contributed by atoms with Gasteiger partial charge in [-0.15, -0.1) is 0 Å². The Hall–Kier alpha value is -3.61. The van der Waals surface area contributed by atoms with Crippen LogP contribution in [0.3, 0.4) is 0 Å². The van der Waals surface area contributed by atoms with E-state index in [0.29, 0.717) is 29.5 Å². The molecule has 1 aliphatic heterocycles. The second-order valence-electron chi connectivity index (χ2n) is 7.36. The number of hydrogen-bond donors (Lipinski definition) is 1. The minimum atomic E-state index is -0.343. The third-order valence-corrected chi connectivity index (χ3v) is 4.64. The molecule has 30 heavy (non-hydrogen) atoms. The molecule has 2 heterocycles. The maximum absolute atomic E-state index is 13.2. The molecule has 1 unspecified atom stereocenters. The van der Waals surface area contributed by atoms with Crippen LogP contribution in [-0.4, -0.2) is 48.4 Å². The van der Waals surface area contributed by atoms with Crippen LogP contribution in [0.2, 0.25) is 0 Å². The van der Waals surface area contributed by atoms with Gasteiger partial charge in [0.15, 0.2) is 0 Å². The molecule has 7 heteroatoms. The van der Waals surface area contributed by atoms with Crippen molar-refractivity contribution in [2.24, 2.45) is 4.99 Å². The van der Waals surface area contributed by atoms with E-state index in [4.69, 9.17) is 9.47 Å². The van der Waals surface area contributed by atoms with Gasteiger partial charge in [-0.3, -0.25) is 4.79 Å². The number of aromatic amines is 1. The Morgan fingerprint density at radius 2 is 1.83 bits per heavy atom. The first-order valence-electron chi connectivity index (χ1n) is 9.60. The van der Waals surface area contributed by atoms with Gasteiger partial charge < -0.3 is 19.4 Å². The largest absolute Gasteiger partial charge is 0.471 e. The number of nitrogens with one attached hydrogen (secondary N) is 1. The standard InChI is InChI=1S/C23H22FN3O3/c1-14-13-25-22(29-14)21-9-8-20(26-21)15-10-16(23(28)27(2)3)12-19(11-15)30-18-6-4-17(24)5-7-18/h4-12,14,26H,13H2,1-3H3. The number of aromatic nitrogens is 1. The zero-order valence-corrected chi connectivity index (χ0v) is 17.0. The van der Waals surface area contributed by atoms with Gasteiger partial charge in [-0.05, 0) is 61.5 Å². The van der Waals surface area contributed by atoms with Crippen molar-refractivity contribution in [1.82, 2.24) is 9.88 Å². The van der Waals surface area contributed by atoms with Gasteiger partial charge in [-0.25, -0.2) is 9.38 Å². The minimum Gasteiger partial charge on any atom is -0.471 e.